The molecule has 3 aliphatic rings. The number of hydrogen-bond donors (Lipinski definition) is 1. The van der Waals surface area contributed by atoms with Crippen molar-refractivity contribution in [1.82, 2.24) is 0 Å². The Bertz CT molecular complexity index is 832. The maximum atomic E-state index is 12.9. The van der Waals surface area contributed by atoms with E-state index in [-0.39, 0.29) is 34.6 Å². The Hall–Kier alpha value is -1.91. The summed E-state index contributed by atoms with van der Waals surface area (Å²) in [5, 5.41) is 9.38. The molecule has 7 heteroatoms. The average Bonchev–Trinajstić information content (AvgIpc) is 2.70. The SMILES string of the molecule is N#CC12CCC(CS(=O)(=O)c3ccc(OCC(=CF)CN)cc3)(CC1)CC2. The number of halogens is 1. The summed E-state index contributed by atoms with van der Waals surface area (Å²) < 4.78 is 43.8. The molecule has 3 fully saturated rings. The fourth-order valence-electron chi connectivity index (χ4n) is 4.19. The van der Waals surface area contributed by atoms with Gasteiger partial charge in [0.25, 0.3) is 0 Å². The third-order valence-corrected chi connectivity index (χ3v) is 8.14. The second-order valence-corrected chi connectivity index (χ2v) is 9.87. The van der Waals surface area contributed by atoms with Gasteiger partial charge >= 0.3 is 0 Å². The molecule has 0 spiro atoms. The number of nitrogens with two attached hydrogens (primary N) is 1. The van der Waals surface area contributed by atoms with Gasteiger partial charge in [-0.15, -0.1) is 0 Å². The quantitative estimate of drug-likeness (QED) is 0.766. The summed E-state index contributed by atoms with van der Waals surface area (Å²) in [7, 11) is -3.42. The first-order chi connectivity index (χ1) is 12.9. The summed E-state index contributed by atoms with van der Waals surface area (Å²) in [6.07, 6.45) is 5.24. The van der Waals surface area contributed by atoms with E-state index in [1.807, 2.05) is 0 Å². The van der Waals surface area contributed by atoms with Crippen molar-refractivity contribution in [3.63, 3.8) is 0 Å². The molecule has 4 rings (SSSR count). The Labute approximate surface area is 159 Å². The van der Waals surface area contributed by atoms with Crippen molar-refractivity contribution >= 4 is 9.84 Å². The van der Waals surface area contributed by atoms with Crippen LogP contribution < -0.4 is 10.5 Å². The van der Waals surface area contributed by atoms with E-state index in [4.69, 9.17) is 10.5 Å². The Morgan fingerprint density at radius 3 is 2.26 bits per heavy atom. The van der Waals surface area contributed by atoms with Gasteiger partial charge in [0.05, 0.1) is 28.5 Å². The molecule has 0 amide bonds. The van der Waals surface area contributed by atoms with E-state index in [9.17, 15) is 18.1 Å². The lowest BCUT2D eigenvalue weighted by Crippen LogP contribution is -2.44. The highest BCUT2D eigenvalue weighted by Gasteiger charge is 2.50. The normalized spacial score (nSPS) is 28.0. The Balaban J connectivity index is 1.66. The van der Waals surface area contributed by atoms with Crippen LogP contribution in [0.4, 0.5) is 4.39 Å². The van der Waals surface area contributed by atoms with Gasteiger partial charge < -0.3 is 10.5 Å². The van der Waals surface area contributed by atoms with Crippen LogP contribution in [0.3, 0.4) is 0 Å². The number of nitriles is 1. The van der Waals surface area contributed by atoms with Crippen molar-refractivity contribution in [2.75, 3.05) is 18.9 Å². The first-order valence-electron chi connectivity index (χ1n) is 9.21. The lowest BCUT2D eigenvalue weighted by molar-refractivity contribution is 0.0434. The summed E-state index contributed by atoms with van der Waals surface area (Å²) in [5.41, 5.74) is 5.28. The highest BCUT2D eigenvalue weighted by molar-refractivity contribution is 7.91. The maximum absolute atomic E-state index is 12.9. The molecule has 1 aromatic rings. The van der Waals surface area contributed by atoms with Crippen LogP contribution in [0.15, 0.2) is 41.1 Å². The second-order valence-electron chi connectivity index (χ2n) is 7.88. The molecule has 0 saturated heterocycles. The number of nitrogens with zero attached hydrogens (tertiary/aromatic N) is 1. The van der Waals surface area contributed by atoms with Crippen molar-refractivity contribution in [2.45, 2.75) is 43.4 Å². The van der Waals surface area contributed by atoms with Crippen molar-refractivity contribution in [3.8, 4) is 11.8 Å². The van der Waals surface area contributed by atoms with Gasteiger partial charge in [0.1, 0.15) is 12.4 Å². The second kappa shape index (κ2) is 7.61. The molecule has 3 saturated carbocycles. The molecular formula is C20H25FN2O3S. The van der Waals surface area contributed by atoms with Crippen LogP contribution in [0.2, 0.25) is 0 Å². The predicted molar refractivity (Wildman–Crippen MR) is 100 cm³/mol. The Kier molecular flexibility index (Phi) is 5.59. The summed E-state index contributed by atoms with van der Waals surface area (Å²) in [6.45, 7) is 0.0982. The van der Waals surface area contributed by atoms with Crippen LogP contribution in [0.1, 0.15) is 38.5 Å². The van der Waals surface area contributed by atoms with Crippen molar-refractivity contribution < 1.29 is 17.5 Å². The molecule has 0 heterocycles. The fraction of sp³-hybridized carbons (Fsp3) is 0.550. The van der Waals surface area contributed by atoms with Gasteiger partial charge in [-0.25, -0.2) is 12.8 Å². The van der Waals surface area contributed by atoms with Crippen LogP contribution in [0, 0.1) is 22.2 Å². The minimum Gasteiger partial charge on any atom is -0.489 e. The van der Waals surface area contributed by atoms with Crippen LogP contribution in [0.25, 0.3) is 0 Å². The lowest BCUT2D eigenvalue weighted by Gasteiger charge is -2.50. The smallest absolute Gasteiger partial charge is 0.178 e. The van der Waals surface area contributed by atoms with Crippen LogP contribution in [-0.2, 0) is 9.84 Å². The molecule has 27 heavy (non-hydrogen) atoms. The molecule has 0 atom stereocenters. The van der Waals surface area contributed by atoms with Gasteiger partial charge in [-0.1, -0.05) is 0 Å². The van der Waals surface area contributed by atoms with E-state index in [0.717, 1.165) is 38.5 Å². The van der Waals surface area contributed by atoms with Gasteiger partial charge in [0.15, 0.2) is 9.84 Å². The molecule has 1 aromatic carbocycles. The number of sulfone groups is 1. The van der Waals surface area contributed by atoms with Crippen molar-refractivity contribution in [1.29, 1.82) is 5.26 Å². The van der Waals surface area contributed by atoms with Crippen LogP contribution in [-0.4, -0.2) is 27.3 Å². The van der Waals surface area contributed by atoms with Crippen LogP contribution in [0.5, 0.6) is 5.75 Å². The monoisotopic (exact) mass is 392 g/mol. The van der Waals surface area contributed by atoms with E-state index < -0.39 is 9.84 Å². The number of benzene rings is 1. The Morgan fingerprint density at radius 2 is 1.78 bits per heavy atom. The predicted octanol–water partition coefficient (Wildman–Crippen LogP) is 3.52. The van der Waals surface area contributed by atoms with Gasteiger partial charge in [0, 0.05) is 12.1 Å². The number of hydrogen-bond acceptors (Lipinski definition) is 5. The fourth-order valence-corrected chi connectivity index (χ4v) is 6.14. The highest BCUT2D eigenvalue weighted by Crippen LogP contribution is 2.57. The van der Waals surface area contributed by atoms with Crippen LogP contribution >= 0.6 is 0 Å². The molecular weight excluding hydrogens is 367 g/mol. The van der Waals surface area contributed by atoms with Gasteiger partial charge in [-0.3, -0.25) is 0 Å². The van der Waals surface area contributed by atoms with Gasteiger partial charge in [-0.2, -0.15) is 5.26 Å². The lowest BCUT2D eigenvalue weighted by atomic mass is 9.55. The van der Waals surface area contributed by atoms with E-state index in [1.54, 1.807) is 12.1 Å². The van der Waals surface area contributed by atoms with Crippen molar-refractivity contribution in [2.24, 2.45) is 16.6 Å². The minimum absolute atomic E-state index is 0.0306. The van der Waals surface area contributed by atoms with Gasteiger partial charge in [-0.05, 0) is 68.2 Å². The highest BCUT2D eigenvalue weighted by atomic mass is 32.2. The van der Waals surface area contributed by atoms with E-state index in [2.05, 4.69) is 6.07 Å². The topological polar surface area (TPSA) is 93.2 Å². The molecule has 0 radical (unpaired) electrons. The van der Waals surface area contributed by atoms with E-state index in [0.29, 0.717) is 17.7 Å². The average molecular weight is 392 g/mol. The third-order valence-electron chi connectivity index (χ3n) is 6.16. The summed E-state index contributed by atoms with van der Waals surface area (Å²) >= 11 is 0. The molecule has 146 valence electrons. The molecule has 2 N–H and O–H groups in total. The summed E-state index contributed by atoms with van der Waals surface area (Å²) in [5.74, 6) is 0.595. The van der Waals surface area contributed by atoms with E-state index in [1.165, 1.54) is 12.1 Å². The zero-order valence-corrected chi connectivity index (χ0v) is 16.1. The first kappa shape index (κ1) is 19.8. The zero-order chi connectivity index (χ0) is 19.5. The molecule has 2 bridgehead atoms. The summed E-state index contributed by atoms with van der Waals surface area (Å²) in [6, 6.07) is 8.69. The standard InChI is InChI=1S/C20H25FN2O3S/c21-11-16(12-22)13-26-17-1-3-18(4-2-17)27(24,25)15-20-8-5-19(14-23,6-9-20)7-10-20/h1-4,11H,5-10,12-13,15,22H2. The number of fused-ring (bicyclic) bond motifs is 3. The van der Waals surface area contributed by atoms with E-state index >= 15 is 0 Å². The molecule has 3 aliphatic carbocycles. The maximum Gasteiger partial charge on any atom is 0.178 e. The molecule has 0 aliphatic heterocycles. The molecule has 0 aromatic heterocycles. The number of ether oxygens (including phenoxy) is 1. The largest absolute Gasteiger partial charge is 0.489 e. The third kappa shape index (κ3) is 4.17. The Morgan fingerprint density at radius 1 is 1.19 bits per heavy atom. The zero-order valence-electron chi connectivity index (χ0n) is 15.3. The molecule has 5 nitrogen and oxygen atoms in total. The minimum atomic E-state index is -3.42. The first-order valence-corrected chi connectivity index (χ1v) is 10.9. The number of rotatable bonds is 7. The summed E-state index contributed by atoms with van der Waals surface area (Å²) in [4.78, 5) is 0.270. The molecule has 0 unspecified atom stereocenters. The van der Waals surface area contributed by atoms with Gasteiger partial charge in [0.2, 0.25) is 0 Å². The van der Waals surface area contributed by atoms with Crippen molar-refractivity contribution in [3.05, 3.63) is 36.2 Å².